The van der Waals surface area contributed by atoms with E-state index in [2.05, 4.69) is 24.9 Å². The maximum Gasteiger partial charge on any atom is 0.251 e. The number of hydrogen-bond donors (Lipinski definition) is 2. The average molecular weight is 235 g/mol. The Bertz CT molecular complexity index is 376. The topological polar surface area (TPSA) is 29.1 Å². The largest absolute Gasteiger partial charge is 0.347 e. The van der Waals surface area contributed by atoms with Gasteiger partial charge in [0.05, 0.1) is 0 Å². The molecule has 3 heteroatoms. The molecular weight excluding hydrogens is 218 g/mol. The molecule has 0 atom stereocenters. The van der Waals surface area contributed by atoms with Crippen molar-refractivity contribution in [2.45, 2.75) is 43.0 Å². The fourth-order valence-corrected chi connectivity index (χ4v) is 2.25. The van der Waals surface area contributed by atoms with Gasteiger partial charge in [-0.1, -0.05) is 6.92 Å². The van der Waals surface area contributed by atoms with E-state index in [1.807, 2.05) is 24.3 Å². The van der Waals surface area contributed by atoms with Gasteiger partial charge in [0.25, 0.3) is 5.91 Å². The van der Waals surface area contributed by atoms with Crippen molar-refractivity contribution in [2.24, 2.45) is 0 Å². The molecule has 1 saturated carbocycles. The van der Waals surface area contributed by atoms with Crippen LogP contribution in [-0.2, 0) is 0 Å². The van der Waals surface area contributed by atoms with Gasteiger partial charge in [-0.15, -0.1) is 12.6 Å². The number of carbonyl (C=O) groups is 1. The van der Waals surface area contributed by atoms with E-state index in [0.717, 1.165) is 29.7 Å². The number of carbonyl (C=O) groups excluding carboxylic acids is 1. The molecule has 2 rings (SSSR count). The zero-order valence-electron chi connectivity index (χ0n) is 9.49. The summed E-state index contributed by atoms with van der Waals surface area (Å²) >= 11 is 4.20. The number of benzene rings is 1. The molecule has 0 bridgehead atoms. The molecular formula is C13H17NOS. The highest BCUT2D eigenvalue weighted by molar-refractivity contribution is 7.80. The van der Waals surface area contributed by atoms with Gasteiger partial charge in [-0.2, -0.15) is 0 Å². The van der Waals surface area contributed by atoms with E-state index < -0.39 is 0 Å². The Labute approximate surface area is 102 Å². The molecule has 0 spiro atoms. The summed E-state index contributed by atoms with van der Waals surface area (Å²) in [7, 11) is 0. The Morgan fingerprint density at radius 1 is 1.38 bits per heavy atom. The highest BCUT2D eigenvalue weighted by Crippen LogP contribution is 2.34. The van der Waals surface area contributed by atoms with Gasteiger partial charge < -0.3 is 5.32 Å². The normalized spacial score (nSPS) is 17.6. The van der Waals surface area contributed by atoms with Crippen molar-refractivity contribution in [3.63, 3.8) is 0 Å². The number of amides is 1. The van der Waals surface area contributed by atoms with Gasteiger partial charge in [-0.25, -0.2) is 0 Å². The standard InChI is InChI=1S/C13H17NOS/c1-2-13(8-3-9-13)14-12(15)10-4-6-11(16)7-5-10/h4-7,16H,2-3,8-9H2,1H3,(H,14,15). The van der Waals surface area contributed by atoms with Crippen molar-refractivity contribution >= 4 is 18.5 Å². The van der Waals surface area contributed by atoms with Gasteiger partial charge >= 0.3 is 0 Å². The fraction of sp³-hybridized carbons (Fsp3) is 0.462. The number of thiol groups is 1. The SMILES string of the molecule is CCC1(NC(=O)c2ccc(S)cc2)CCC1. The van der Waals surface area contributed by atoms with Crippen LogP contribution in [0.25, 0.3) is 0 Å². The maximum absolute atomic E-state index is 12.0. The lowest BCUT2D eigenvalue weighted by atomic mass is 9.74. The van der Waals surface area contributed by atoms with Crippen LogP contribution in [0.2, 0.25) is 0 Å². The summed E-state index contributed by atoms with van der Waals surface area (Å²) in [6.07, 6.45) is 4.47. The summed E-state index contributed by atoms with van der Waals surface area (Å²) in [5.41, 5.74) is 0.786. The molecule has 0 radical (unpaired) electrons. The third kappa shape index (κ3) is 2.24. The van der Waals surface area contributed by atoms with Crippen LogP contribution in [0.3, 0.4) is 0 Å². The monoisotopic (exact) mass is 235 g/mol. The second kappa shape index (κ2) is 4.50. The van der Waals surface area contributed by atoms with Crippen LogP contribution in [0, 0.1) is 0 Å². The van der Waals surface area contributed by atoms with Crippen molar-refractivity contribution < 1.29 is 4.79 Å². The first kappa shape index (κ1) is 11.5. The Hall–Kier alpha value is -0.960. The van der Waals surface area contributed by atoms with Crippen LogP contribution < -0.4 is 5.32 Å². The van der Waals surface area contributed by atoms with Crippen molar-refractivity contribution in [3.8, 4) is 0 Å². The summed E-state index contributed by atoms with van der Waals surface area (Å²) in [5.74, 6) is 0.0369. The minimum atomic E-state index is 0.0369. The second-order valence-corrected chi connectivity index (χ2v) is 5.00. The second-order valence-electron chi connectivity index (χ2n) is 4.49. The van der Waals surface area contributed by atoms with Crippen molar-refractivity contribution in [1.29, 1.82) is 0 Å². The molecule has 86 valence electrons. The molecule has 1 aliphatic carbocycles. The molecule has 1 N–H and O–H groups in total. The molecule has 2 nitrogen and oxygen atoms in total. The molecule has 0 aliphatic heterocycles. The van der Waals surface area contributed by atoms with Crippen molar-refractivity contribution in [3.05, 3.63) is 29.8 Å². The minimum absolute atomic E-state index is 0.0369. The van der Waals surface area contributed by atoms with Crippen LogP contribution in [0.5, 0.6) is 0 Å². The van der Waals surface area contributed by atoms with Crippen LogP contribution in [0.1, 0.15) is 43.0 Å². The fourth-order valence-electron chi connectivity index (χ4n) is 2.10. The van der Waals surface area contributed by atoms with Gasteiger partial charge in [-0.3, -0.25) is 4.79 Å². The maximum atomic E-state index is 12.0. The van der Waals surface area contributed by atoms with Gasteiger partial charge in [0.1, 0.15) is 0 Å². The quantitative estimate of drug-likeness (QED) is 0.775. The van der Waals surface area contributed by atoms with Crippen LogP contribution in [-0.4, -0.2) is 11.4 Å². The molecule has 1 fully saturated rings. The van der Waals surface area contributed by atoms with E-state index in [1.165, 1.54) is 6.42 Å². The van der Waals surface area contributed by atoms with E-state index in [0.29, 0.717) is 0 Å². The highest BCUT2D eigenvalue weighted by Gasteiger charge is 2.36. The molecule has 1 aromatic carbocycles. The van der Waals surface area contributed by atoms with Crippen LogP contribution >= 0.6 is 12.6 Å². The first-order valence-corrected chi connectivity index (χ1v) is 6.21. The van der Waals surface area contributed by atoms with Crippen LogP contribution in [0.4, 0.5) is 0 Å². The molecule has 1 amide bonds. The van der Waals surface area contributed by atoms with Gasteiger partial charge in [0, 0.05) is 16.0 Å². The zero-order valence-corrected chi connectivity index (χ0v) is 10.4. The summed E-state index contributed by atoms with van der Waals surface area (Å²) in [5, 5.41) is 3.15. The van der Waals surface area contributed by atoms with E-state index in [4.69, 9.17) is 0 Å². The van der Waals surface area contributed by atoms with E-state index in [9.17, 15) is 4.79 Å². The van der Waals surface area contributed by atoms with Gasteiger partial charge in [0.2, 0.25) is 0 Å². The van der Waals surface area contributed by atoms with E-state index in [1.54, 1.807) is 0 Å². The Morgan fingerprint density at radius 2 is 2.00 bits per heavy atom. The van der Waals surface area contributed by atoms with Crippen molar-refractivity contribution in [2.75, 3.05) is 0 Å². The minimum Gasteiger partial charge on any atom is -0.347 e. The molecule has 0 saturated heterocycles. The third-order valence-electron chi connectivity index (χ3n) is 3.50. The molecule has 0 aromatic heterocycles. The molecule has 0 unspecified atom stereocenters. The van der Waals surface area contributed by atoms with Gasteiger partial charge in [-0.05, 0) is 49.9 Å². The van der Waals surface area contributed by atoms with Crippen LogP contribution in [0.15, 0.2) is 29.2 Å². The number of rotatable bonds is 3. The molecule has 0 heterocycles. The summed E-state index contributed by atoms with van der Waals surface area (Å²) in [4.78, 5) is 12.9. The summed E-state index contributed by atoms with van der Waals surface area (Å²) in [6, 6.07) is 7.33. The van der Waals surface area contributed by atoms with E-state index >= 15 is 0 Å². The smallest absolute Gasteiger partial charge is 0.251 e. The predicted octanol–water partition coefficient (Wildman–Crippen LogP) is 3.04. The zero-order chi connectivity index (χ0) is 11.6. The Kier molecular flexibility index (Phi) is 3.24. The van der Waals surface area contributed by atoms with Crippen molar-refractivity contribution in [1.82, 2.24) is 5.32 Å². The summed E-state index contributed by atoms with van der Waals surface area (Å²) < 4.78 is 0. The Morgan fingerprint density at radius 3 is 2.44 bits per heavy atom. The van der Waals surface area contributed by atoms with Gasteiger partial charge in [0.15, 0.2) is 0 Å². The lowest BCUT2D eigenvalue weighted by Crippen LogP contribution is -2.52. The lowest BCUT2D eigenvalue weighted by molar-refractivity contribution is 0.0820. The molecule has 1 aromatic rings. The molecule has 1 aliphatic rings. The lowest BCUT2D eigenvalue weighted by Gasteiger charge is -2.42. The third-order valence-corrected chi connectivity index (χ3v) is 3.79. The average Bonchev–Trinajstić information content (AvgIpc) is 2.24. The van der Waals surface area contributed by atoms with E-state index in [-0.39, 0.29) is 11.4 Å². The Balaban J connectivity index is 2.05. The molecule has 16 heavy (non-hydrogen) atoms. The number of hydrogen-bond acceptors (Lipinski definition) is 2. The predicted molar refractivity (Wildman–Crippen MR) is 68.0 cm³/mol. The first-order chi connectivity index (χ1) is 7.65. The highest BCUT2D eigenvalue weighted by atomic mass is 32.1. The summed E-state index contributed by atoms with van der Waals surface area (Å²) in [6.45, 7) is 2.14. The first-order valence-electron chi connectivity index (χ1n) is 5.77. The number of nitrogens with one attached hydrogen (secondary N) is 1.